The lowest BCUT2D eigenvalue weighted by molar-refractivity contribution is -0.136. The zero-order valence-corrected chi connectivity index (χ0v) is 13.6. The lowest BCUT2D eigenvalue weighted by atomic mass is 10.0. The van der Waals surface area contributed by atoms with E-state index in [4.69, 9.17) is 4.84 Å². The van der Waals surface area contributed by atoms with Crippen LogP contribution in [0.4, 0.5) is 0 Å². The lowest BCUT2D eigenvalue weighted by Crippen LogP contribution is -2.31. The molecule has 4 heteroatoms. The van der Waals surface area contributed by atoms with Crippen LogP contribution in [-0.2, 0) is 4.84 Å². The van der Waals surface area contributed by atoms with Crippen LogP contribution < -0.4 is 0 Å². The minimum atomic E-state index is -0.410. The van der Waals surface area contributed by atoms with E-state index in [0.717, 1.165) is 22.6 Å². The number of allylic oxidation sites excluding steroid dienone is 1. The van der Waals surface area contributed by atoms with Gasteiger partial charge in [-0.1, -0.05) is 48.0 Å². The summed E-state index contributed by atoms with van der Waals surface area (Å²) in [4.78, 5) is 30.8. The van der Waals surface area contributed by atoms with E-state index < -0.39 is 11.8 Å². The van der Waals surface area contributed by atoms with E-state index in [2.05, 4.69) is 6.58 Å². The second kappa shape index (κ2) is 6.81. The number of hydrogen-bond donors (Lipinski definition) is 0. The van der Waals surface area contributed by atoms with Crippen LogP contribution in [0.15, 0.2) is 66.7 Å². The van der Waals surface area contributed by atoms with Crippen molar-refractivity contribution in [3.8, 4) is 0 Å². The molecule has 0 fully saturated rings. The lowest BCUT2D eigenvalue weighted by Gasteiger charge is -2.23. The molecule has 2 aromatic rings. The SMILES string of the molecule is C=C(C)CCC(ON1C(=O)c2ccccc2C1=O)c1ccccc1. The number of fused-ring (bicyclic) bond motifs is 1. The summed E-state index contributed by atoms with van der Waals surface area (Å²) in [7, 11) is 0. The number of carbonyl (C=O) groups excluding carboxylic acids is 2. The Hall–Kier alpha value is -2.72. The minimum Gasteiger partial charge on any atom is -0.266 e. The minimum absolute atomic E-state index is 0.384. The maximum absolute atomic E-state index is 12.5. The van der Waals surface area contributed by atoms with Gasteiger partial charge < -0.3 is 0 Å². The number of amides is 2. The van der Waals surface area contributed by atoms with E-state index in [1.165, 1.54) is 0 Å². The van der Waals surface area contributed by atoms with Crippen LogP contribution in [0.3, 0.4) is 0 Å². The molecular formula is C20H19NO3. The van der Waals surface area contributed by atoms with Crippen LogP contribution in [0.5, 0.6) is 0 Å². The Labute approximate surface area is 141 Å². The van der Waals surface area contributed by atoms with E-state index >= 15 is 0 Å². The molecule has 3 rings (SSSR count). The largest absolute Gasteiger partial charge is 0.285 e. The molecule has 2 amide bonds. The van der Waals surface area contributed by atoms with Crippen LogP contribution in [0.2, 0.25) is 0 Å². The molecule has 122 valence electrons. The molecule has 1 heterocycles. The van der Waals surface area contributed by atoms with E-state index in [1.54, 1.807) is 24.3 Å². The Morgan fingerprint density at radius 1 is 1.00 bits per heavy atom. The molecule has 4 nitrogen and oxygen atoms in total. The average Bonchev–Trinajstić information content (AvgIpc) is 2.84. The van der Waals surface area contributed by atoms with Gasteiger partial charge in [-0.25, -0.2) is 0 Å². The third-order valence-corrected chi connectivity index (χ3v) is 3.99. The molecule has 0 saturated carbocycles. The number of nitrogens with zero attached hydrogens (tertiary/aromatic N) is 1. The molecule has 24 heavy (non-hydrogen) atoms. The summed E-state index contributed by atoms with van der Waals surface area (Å²) in [6.45, 7) is 5.86. The highest BCUT2D eigenvalue weighted by atomic mass is 16.7. The van der Waals surface area contributed by atoms with E-state index in [-0.39, 0.29) is 6.10 Å². The van der Waals surface area contributed by atoms with Crippen molar-refractivity contribution in [3.63, 3.8) is 0 Å². The monoisotopic (exact) mass is 321 g/mol. The molecule has 0 aliphatic carbocycles. The molecule has 0 bridgehead atoms. The smallest absolute Gasteiger partial charge is 0.266 e. The summed E-state index contributed by atoms with van der Waals surface area (Å²) >= 11 is 0. The van der Waals surface area contributed by atoms with Crippen LogP contribution in [0, 0.1) is 0 Å². The van der Waals surface area contributed by atoms with Gasteiger partial charge in [-0.2, -0.15) is 0 Å². The fourth-order valence-electron chi connectivity index (χ4n) is 2.72. The van der Waals surface area contributed by atoms with Crippen molar-refractivity contribution in [2.24, 2.45) is 0 Å². The average molecular weight is 321 g/mol. The van der Waals surface area contributed by atoms with Crippen molar-refractivity contribution in [3.05, 3.63) is 83.4 Å². The van der Waals surface area contributed by atoms with E-state index in [9.17, 15) is 9.59 Å². The Bertz CT molecular complexity index is 747. The van der Waals surface area contributed by atoms with Crippen LogP contribution in [0.1, 0.15) is 52.1 Å². The Balaban J connectivity index is 1.84. The number of carbonyl (C=O) groups is 2. The molecule has 1 aliphatic rings. The van der Waals surface area contributed by atoms with E-state index in [0.29, 0.717) is 17.5 Å². The van der Waals surface area contributed by atoms with Crippen LogP contribution in [-0.4, -0.2) is 16.9 Å². The van der Waals surface area contributed by atoms with Crippen molar-refractivity contribution in [1.29, 1.82) is 0 Å². The number of rotatable bonds is 6. The fraction of sp³-hybridized carbons (Fsp3) is 0.200. The summed E-state index contributed by atoms with van der Waals surface area (Å²) in [5.74, 6) is -0.821. The first-order valence-corrected chi connectivity index (χ1v) is 7.92. The molecule has 2 aromatic carbocycles. The predicted octanol–water partition coefficient (Wildman–Crippen LogP) is 4.31. The Kier molecular flexibility index (Phi) is 4.58. The zero-order valence-electron chi connectivity index (χ0n) is 13.6. The normalized spacial score (nSPS) is 14.6. The molecule has 0 N–H and O–H groups in total. The van der Waals surface area contributed by atoms with Gasteiger partial charge in [0.15, 0.2) is 0 Å². The van der Waals surface area contributed by atoms with Gasteiger partial charge in [0.25, 0.3) is 11.8 Å². The molecule has 1 aliphatic heterocycles. The highest BCUT2D eigenvalue weighted by Gasteiger charge is 2.38. The molecule has 1 unspecified atom stereocenters. The van der Waals surface area contributed by atoms with Crippen molar-refractivity contribution in [1.82, 2.24) is 5.06 Å². The second-order valence-electron chi connectivity index (χ2n) is 5.95. The van der Waals surface area contributed by atoms with Gasteiger partial charge in [0.05, 0.1) is 11.1 Å². The zero-order chi connectivity index (χ0) is 17.1. The maximum Gasteiger partial charge on any atom is 0.285 e. The molecule has 0 spiro atoms. The standard InChI is InChI=1S/C20H19NO3/c1-14(2)12-13-18(15-8-4-3-5-9-15)24-21-19(22)16-10-6-7-11-17(16)20(21)23/h3-11,18H,1,12-13H2,2H3. The third kappa shape index (κ3) is 3.14. The van der Waals surface area contributed by atoms with Crippen molar-refractivity contribution in [2.45, 2.75) is 25.9 Å². The predicted molar refractivity (Wildman–Crippen MR) is 91.3 cm³/mol. The number of imide groups is 1. The highest BCUT2D eigenvalue weighted by Crippen LogP contribution is 2.30. The summed E-state index contributed by atoms with van der Waals surface area (Å²) < 4.78 is 0. The van der Waals surface area contributed by atoms with Crippen molar-refractivity contribution >= 4 is 11.8 Å². The second-order valence-corrected chi connectivity index (χ2v) is 5.95. The fourth-order valence-corrected chi connectivity index (χ4v) is 2.72. The van der Waals surface area contributed by atoms with Gasteiger partial charge in [-0.05, 0) is 37.5 Å². The van der Waals surface area contributed by atoms with Crippen molar-refractivity contribution in [2.75, 3.05) is 0 Å². The topological polar surface area (TPSA) is 46.6 Å². The van der Waals surface area contributed by atoms with Crippen molar-refractivity contribution < 1.29 is 14.4 Å². The van der Waals surface area contributed by atoms with Gasteiger partial charge >= 0.3 is 0 Å². The highest BCUT2D eigenvalue weighted by molar-refractivity contribution is 6.20. The molecule has 1 atom stereocenters. The quantitative estimate of drug-likeness (QED) is 0.588. The first kappa shape index (κ1) is 16.1. The van der Waals surface area contributed by atoms with Gasteiger partial charge in [0.2, 0.25) is 0 Å². The number of benzene rings is 2. The van der Waals surface area contributed by atoms with Gasteiger partial charge in [-0.3, -0.25) is 14.4 Å². The molecule has 0 radical (unpaired) electrons. The Morgan fingerprint density at radius 2 is 1.54 bits per heavy atom. The van der Waals surface area contributed by atoms with Crippen LogP contribution >= 0.6 is 0 Å². The number of hydrogen-bond acceptors (Lipinski definition) is 3. The molecule has 0 saturated heterocycles. The van der Waals surface area contributed by atoms with E-state index in [1.807, 2.05) is 37.3 Å². The summed E-state index contributed by atoms with van der Waals surface area (Å²) in [6, 6.07) is 16.4. The summed E-state index contributed by atoms with van der Waals surface area (Å²) in [5.41, 5.74) is 2.72. The maximum atomic E-state index is 12.5. The first-order chi connectivity index (χ1) is 11.6. The molecular weight excluding hydrogens is 302 g/mol. The molecule has 0 aromatic heterocycles. The number of hydroxylamine groups is 2. The Morgan fingerprint density at radius 3 is 2.08 bits per heavy atom. The summed E-state index contributed by atoms with van der Waals surface area (Å²) in [5, 5.41) is 0.890. The third-order valence-electron chi connectivity index (χ3n) is 3.99. The van der Waals surface area contributed by atoms with Crippen LogP contribution in [0.25, 0.3) is 0 Å². The van der Waals surface area contributed by atoms with Gasteiger partial charge in [0, 0.05) is 0 Å². The first-order valence-electron chi connectivity index (χ1n) is 7.92. The summed E-state index contributed by atoms with van der Waals surface area (Å²) in [6.07, 6.45) is 1.01. The van der Waals surface area contributed by atoms with Gasteiger partial charge in [0.1, 0.15) is 6.10 Å². The van der Waals surface area contributed by atoms with Gasteiger partial charge in [-0.15, -0.1) is 11.6 Å².